The Balaban J connectivity index is 1.68. The smallest absolute Gasteiger partial charge is 0.129 e. The van der Waals surface area contributed by atoms with Crippen molar-refractivity contribution in [2.24, 2.45) is 0 Å². The first-order chi connectivity index (χ1) is 14.8. The van der Waals surface area contributed by atoms with E-state index in [4.69, 9.17) is 9.72 Å². The minimum atomic E-state index is 0.818. The van der Waals surface area contributed by atoms with Crippen molar-refractivity contribution in [2.75, 3.05) is 12.0 Å². The summed E-state index contributed by atoms with van der Waals surface area (Å²) in [5.41, 5.74) is 5.26. The van der Waals surface area contributed by atoms with Crippen LogP contribution in [0.4, 0.5) is 17.1 Å². The normalized spacial score (nSPS) is 10.8. The van der Waals surface area contributed by atoms with Gasteiger partial charge in [0.25, 0.3) is 0 Å². The van der Waals surface area contributed by atoms with Gasteiger partial charge in [-0.2, -0.15) is 0 Å². The van der Waals surface area contributed by atoms with E-state index in [1.165, 1.54) is 4.70 Å². The first kappa shape index (κ1) is 18.4. The molecule has 0 aliphatic heterocycles. The molecule has 0 N–H and O–H groups in total. The lowest BCUT2D eigenvalue weighted by molar-refractivity contribution is 0.416. The third-order valence-corrected chi connectivity index (χ3v) is 6.06. The molecule has 5 aromatic rings. The van der Waals surface area contributed by atoms with E-state index in [-0.39, 0.29) is 0 Å². The quantitative estimate of drug-likeness (QED) is 0.302. The molecule has 1 aromatic heterocycles. The van der Waals surface area contributed by atoms with Crippen molar-refractivity contribution < 1.29 is 4.74 Å². The van der Waals surface area contributed by atoms with Gasteiger partial charge in [0.05, 0.1) is 22.9 Å². The van der Waals surface area contributed by atoms with E-state index in [0.29, 0.717) is 0 Å². The van der Waals surface area contributed by atoms with Gasteiger partial charge < -0.3 is 9.64 Å². The van der Waals surface area contributed by atoms with Gasteiger partial charge in [0.15, 0.2) is 0 Å². The van der Waals surface area contributed by atoms with Gasteiger partial charge in [-0.1, -0.05) is 48.5 Å². The fourth-order valence-electron chi connectivity index (χ4n) is 3.59. The van der Waals surface area contributed by atoms with Gasteiger partial charge in [0.2, 0.25) is 0 Å². The lowest BCUT2D eigenvalue weighted by atomic mass is 10.1. The van der Waals surface area contributed by atoms with Crippen molar-refractivity contribution in [3.05, 3.63) is 103 Å². The van der Waals surface area contributed by atoms with Crippen LogP contribution in [-0.2, 0) is 0 Å². The van der Waals surface area contributed by atoms with Crippen molar-refractivity contribution in [1.82, 2.24) is 4.98 Å². The molecule has 146 valence electrons. The van der Waals surface area contributed by atoms with Gasteiger partial charge in [-0.05, 0) is 54.6 Å². The molecular weight excluding hydrogens is 388 g/mol. The van der Waals surface area contributed by atoms with Crippen molar-refractivity contribution in [1.29, 1.82) is 0 Å². The predicted molar refractivity (Wildman–Crippen MR) is 126 cm³/mol. The van der Waals surface area contributed by atoms with Crippen molar-refractivity contribution in [3.8, 4) is 16.3 Å². The summed E-state index contributed by atoms with van der Waals surface area (Å²) >= 11 is 1.68. The van der Waals surface area contributed by atoms with E-state index in [2.05, 4.69) is 71.6 Å². The Morgan fingerprint density at radius 1 is 0.700 bits per heavy atom. The number of nitrogens with zero attached hydrogens (tertiary/aromatic N) is 2. The van der Waals surface area contributed by atoms with Crippen LogP contribution in [0.1, 0.15) is 0 Å². The number of methoxy groups -OCH3 is 1. The molecule has 0 aliphatic carbocycles. The molecule has 0 amide bonds. The highest BCUT2D eigenvalue weighted by Gasteiger charge is 2.17. The molecule has 0 aliphatic rings. The van der Waals surface area contributed by atoms with Gasteiger partial charge in [-0.15, -0.1) is 11.3 Å². The number of fused-ring (bicyclic) bond motifs is 1. The molecule has 0 radical (unpaired) electrons. The minimum absolute atomic E-state index is 0.818. The second-order valence-corrected chi connectivity index (χ2v) is 7.91. The zero-order valence-electron chi connectivity index (χ0n) is 16.5. The number of anilines is 3. The molecule has 3 nitrogen and oxygen atoms in total. The number of para-hydroxylation sites is 3. The van der Waals surface area contributed by atoms with Crippen LogP contribution in [-0.4, -0.2) is 12.1 Å². The Morgan fingerprint density at radius 3 is 1.97 bits per heavy atom. The molecule has 0 unspecified atom stereocenters. The maximum absolute atomic E-state index is 5.69. The summed E-state index contributed by atoms with van der Waals surface area (Å²) in [4.78, 5) is 7.10. The zero-order valence-corrected chi connectivity index (χ0v) is 17.3. The largest absolute Gasteiger partial charge is 0.496 e. The Hall–Kier alpha value is -3.63. The fraction of sp³-hybridized carbons (Fsp3) is 0.0385. The molecule has 1 heterocycles. The first-order valence-corrected chi connectivity index (χ1v) is 10.6. The number of ether oxygens (including phenoxy) is 1. The van der Waals surface area contributed by atoms with Crippen LogP contribution < -0.4 is 9.64 Å². The molecule has 30 heavy (non-hydrogen) atoms. The van der Waals surface area contributed by atoms with E-state index < -0.39 is 0 Å². The highest BCUT2D eigenvalue weighted by atomic mass is 32.1. The topological polar surface area (TPSA) is 25.4 Å². The van der Waals surface area contributed by atoms with Crippen molar-refractivity contribution in [3.63, 3.8) is 0 Å². The molecule has 0 fully saturated rings. The average molecular weight is 409 g/mol. The van der Waals surface area contributed by atoms with Gasteiger partial charge in [0.1, 0.15) is 10.8 Å². The van der Waals surface area contributed by atoms with Gasteiger partial charge in [-0.3, -0.25) is 0 Å². The summed E-state index contributed by atoms with van der Waals surface area (Å²) in [5.74, 6) is 0.818. The highest BCUT2D eigenvalue weighted by Crippen LogP contribution is 2.41. The number of aromatic nitrogens is 1. The van der Waals surface area contributed by atoms with Crippen LogP contribution in [0.15, 0.2) is 103 Å². The molecule has 0 spiro atoms. The van der Waals surface area contributed by atoms with E-state index >= 15 is 0 Å². The molecule has 0 bridgehead atoms. The van der Waals surface area contributed by atoms with Crippen molar-refractivity contribution in [2.45, 2.75) is 0 Å². The maximum atomic E-state index is 5.69. The summed E-state index contributed by atoms with van der Waals surface area (Å²) in [6.07, 6.45) is 0. The molecule has 4 heteroatoms. The van der Waals surface area contributed by atoms with E-state index in [1.807, 2.05) is 36.4 Å². The number of hydrogen-bond acceptors (Lipinski definition) is 4. The van der Waals surface area contributed by atoms with Crippen molar-refractivity contribution >= 4 is 38.6 Å². The number of benzene rings is 4. The van der Waals surface area contributed by atoms with Crippen LogP contribution in [0.25, 0.3) is 20.8 Å². The molecule has 4 aromatic carbocycles. The molecule has 0 saturated heterocycles. The van der Waals surface area contributed by atoms with Crippen LogP contribution in [0.5, 0.6) is 5.75 Å². The summed E-state index contributed by atoms with van der Waals surface area (Å²) < 4.78 is 6.86. The third-order valence-electron chi connectivity index (χ3n) is 4.99. The monoisotopic (exact) mass is 408 g/mol. The Bertz CT molecular complexity index is 1210. The van der Waals surface area contributed by atoms with E-state index in [0.717, 1.165) is 38.9 Å². The number of hydrogen-bond donors (Lipinski definition) is 0. The van der Waals surface area contributed by atoms with Crippen LogP contribution in [0.2, 0.25) is 0 Å². The van der Waals surface area contributed by atoms with Crippen LogP contribution >= 0.6 is 11.3 Å². The first-order valence-electron chi connectivity index (χ1n) is 9.78. The minimum Gasteiger partial charge on any atom is -0.496 e. The van der Waals surface area contributed by atoms with Crippen LogP contribution in [0, 0.1) is 0 Å². The van der Waals surface area contributed by atoms with E-state index in [1.54, 1.807) is 18.4 Å². The Morgan fingerprint density at radius 2 is 1.33 bits per heavy atom. The van der Waals surface area contributed by atoms with Gasteiger partial charge in [0, 0.05) is 17.1 Å². The van der Waals surface area contributed by atoms with E-state index in [9.17, 15) is 0 Å². The highest BCUT2D eigenvalue weighted by molar-refractivity contribution is 7.21. The number of rotatable bonds is 5. The van der Waals surface area contributed by atoms with Gasteiger partial charge in [-0.25, -0.2) is 4.98 Å². The van der Waals surface area contributed by atoms with Gasteiger partial charge >= 0.3 is 0 Å². The molecular formula is C26H20N2OS. The second kappa shape index (κ2) is 8.01. The maximum Gasteiger partial charge on any atom is 0.129 e. The lowest BCUT2D eigenvalue weighted by Gasteiger charge is -2.26. The summed E-state index contributed by atoms with van der Waals surface area (Å²) in [5, 5.41) is 0.955. The lowest BCUT2D eigenvalue weighted by Crippen LogP contribution is -2.09. The summed E-state index contributed by atoms with van der Waals surface area (Å²) in [7, 11) is 1.71. The third kappa shape index (κ3) is 3.42. The molecule has 0 atom stereocenters. The fourth-order valence-corrected chi connectivity index (χ4v) is 4.58. The van der Waals surface area contributed by atoms with Crippen LogP contribution in [0.3, 0.4) is 0 Å². The average Bonchev–Trinajstić information content (AvgIpc) is 3.25. The number of thiazole rings is 1. The molecule has 5 rings (SSSR count). The summed E-state index contributed by atoms with van der Waals surface area (Å²) in [6.45, 7) is 0. The SMILES string of the molecule is COc1ccc(N(c2ccccc2)c2ccccc2)cc1-c1nc2ccccc2s1. The second-order valence-electron chi connectivity index (χ2n) is 6.88. The standard InChI is InChI=1S/C26H20N2OS/c1-29-24-17-16-21(18-22(24)26-27-23-14-8-9-15-25(23)30-26)28(19-10-4-2-5-11-19)20-12-6-3-7-13-20/h2-18H,1H3. The summed E-state index contributed by atoms with van der Waals surface area (Å²) in [6, 6.07) is 35.3. The zero-order chi connectivity index (χ0) is 20.3. The Labute approximate surface area is 179 Å². The Kier molecular flexibility index (Phi) is 4.91. The molecule has 0 saturated carbocycles. The predicted octanol–water partition coefficient (Wildman–Crippen LogP) is 7.44.